The molecule has 0 bridgehead atoms. The van der Waals surface area contributed by atoms with Gasteiger partial charge in [0.2, 0.25) is 10.0 Å². The van der Waals surface area contributed by atoms with Crippen molar-refractivity contribution < 1.29 is 13.2 Å². The Morgan fingerprint density at radius 3 is 2.58 bits per heavy atom. The first-order chi connectivity index (χ1) is 11.6. The lowest BCUT2D eigenvalue weighted by atomic mass is 10.2. The van der Waals surface area contributed by atoms with Crippen LogP contribution in [0.5, 0.6) is 0 Å². The number of nitriles is 1. The van der Waals surface area contributed by atoms with Crippen molar-refractivity contribution in [2.75, 3.05) is 39.3 Å². The van der Waals surface area contributed by atoms with Crippen molar-refractivity contribution >= 4 is 10.0 Å². The van der Waals surface area contributed by atoms with E-state index in [1.807, 2.05) is 6.07 Å². The Morgan fingerprint density at radius 2 is 1.92 bits per heavy atom. The van der Waals surface area contributed by atoms with Crippen molar-refractivity contribution in [2.45, 2.75) is 30.3 Å². The second kappa shape index (κ2) is 7.62. The number of nitrogens with zero attached hydrogens (tertiary/aromatic N) is 3. The summed E-state index contributed by atoms with van der Waals surface area (Å²) in [5.74, 6) is 0. The standard InChI is InChI=1S/C17H23N3O3S/c18-13-15-4-6-17(7-5-15)24(21,22)20-9-2-8-19(10-11-20)14-16-3-1-12-23-16/h4-7,16H,1-3,8-12,14H2. The van der Waals surface area contributed by atoms with E-state index >= 15 is 0 Å². The predicted molar refractivity (Wildman–Crippen MR) is 89.9 cm³/mol. The van der Waals surface area contributed by atoms with Gasteiger partial charge in [0.1, 0.15) is 0 Å². The van der Waals surface area contributed by atoms with Gasteiger partial charge in [0.15, 0.2) is 0 Å². The fourth-order valence-corrected chi connectivity index (χ4v) is 4.77. The van der Waals surface area contributed by atoms with Crippen LogP contribution in [0.4, 0.5) is 0 Å². The molecule has 2 saturated heterocycles. The molecule has 1 aromatic carbocycles. The van der Waals surface area contributed by atoms with Gasteiger partial charge in [-0.25, -0.2) is 8.42 Å². The van der Waals surface area contributed by atoms with Gasteiger partial charge in [0, 0.05) is 32.8 Å². The van der Waals surface area contributed by atoms with Crippen molar-refractivity contribution in [3.63, 3.8) is 0 Å². The summed E-state index contributed by atoms with van der Waals surface area (Å²) in [5.41, 5.74) is 0.465. The molecule has 130 valence electrons. The van der Waals surface area contributed by atoms with E-state index in [2.05, 4.69) is 4.90 Å². The Bertz CT molecular complexity index is 691. The van der Waals surface area contributed by atoms with E-state index in [0.717, 1.165) is 45.5 Å². The highest BCUT2D eigenvalue weighted by Gasteiger charge is 2.28. The minimum Gasteiger partial charge on any atom is -0.377 e. The van der Waals surface area contributed by atoms with Crippen LogP contribution in [0, 0.1) is 11.3 Å². The molecule has 0 radical (unpaired) electrons. The number of hydrogen-bond donors (Lipinski definition) is 0. The van der Waals surface area contributed by atoms with Crippen molar-refractivity contribution in [3.05, 3.63) is 29.8 Å². The molecule has 1 unspecified atom stereocenters. The van der Waals surface area contributed by atoms with E-state index in [4.69, 9.17) is 10.00 Å². The molecule has 6 nitrogen and oxygen atoms in total. The molecule has 0 saturated carbocycles. The lowest BCUT2D eigenvalue weighted by Crippen LogP contribution is -2.37. The minimum atomic E-state index is -3.50. The highest BCUT2D eigenvalue weighted by atomic mass is 32.2. The van der Waals surface area contributed by atoms with E-state index < -0.39 is 10.0 Å². The first kappa shape index (κ1) is 17.4. The van der Waals surface area contributed by atoms with Crippen LogP contribution >= 0.6 is 0 Å². The molecule has 2 aliphatic rings. The molecule has 0 aromatic heterocycles. The maximum absolute atomic E-state index is 12.8. The summed E-state index contributed by atoms with van der Waals surface area (Å²) in [6, 6.07) is 8.14. The second-order valence-electron chi connectivity index (χ2n) is 6.33. The third-order valence-corrected chi connectivity index (χ3v) is 6.57. The maximum atomic E-state index is 12.8. The van der Waals surface area contributed by atoms with Crippen LogP contribution in [-0.4, -0.2) is 63.1 Å². The summed E-state index contributed by atoms with van der Waals surface area (Å²) in [5, 5.41) is 8.84. The molecule has 0 aliphatic carbocycles. The molecule has 1 atom stereocenters. The van der Waals surface area contributed by atoms with Gasteiger partial charge in [-0.1, -0.05) is 0 Å². The second-order valence-corrected chi connectivity index (χ2v) is 8.27. The number of hydrogen-bond acceptors (Lipinski definition) is 5. The largest absolute Gasteiger partial charge is 0.377 e. The molecule has 2 heterocycles. The molecule has 3 rings (SSSR count). The predicted octanol–water partition coefficient (Wildman–Crippen LogP) is 1.43. The van der Waals surface area contributed by atoms with Crippen LogP contribution in [-0.2, 0) is 14.8 Å². The lowest BCUT2D eigenvalue weighted by molar-refractivity contribution is 0.0749. The molecule has 2 aliphatic heterocycles. The number of sulfonamides is 1. The van der Waals surface area contributed by atoms with Gasteiger partial charge in [-0.2, -0.15) is 9.57 Å². The Kier molecular flexibility index (Phi) is 5.51. The molecular formula is C17H23N3O3S. The van der Waals surface area contributed by atoms with Crippen molar-refractivity contribution in [3.8, 4) is 6.07 Å². The first-order valence-corrected chi connectivity index (χ1v) is 9.88. The summed E-state index contributed by atoms with van der Waals surface area (Å²) in [7, 11) is -3.50. The highest BCUT2D eigenvalue weighted by Crippen LogP contribution is 2.19. The molecule has 7 heteroatoms. The first-order valence-electron chi connectivity index (χ1n) is 8.44. The Morgan fingerprint density at radius 1 is 1.12 bits per heavy atom. The van der Waals surface area contributed by atoms with E-state index in [1.54, 1.807) is 16.4 Å². The number of rotatable bonds is 4. The van der Waals surface area contributed by atoms with Crippen LogP contribution in [0.2, 0.25) is 0 Å². The van der Waals surface area contributed by atoms with Gasteiger partial charge in [0.05, 0.1) is 22.6 Å². The zero-order valence-electron chi connectivity index (χ0n) is 13.7. The molecule has 24 heavy (non-hydrogen) atoms. The van der Waals surface area contributed by atoms with Gasteiger partial charge in [-0.15, -0.1) is 0 Å². The van der Waals surface area contributed by atoms with Crippen LogP contribution in [0.25, 0.3) is 0 Å². The van der Waals surface area contributed by atoms with Crippen molar-refractivity contribution in [1.82, 2.24) is 9.21 Å². The normalized spacial score (nSPS) is 23.7. The fraction of sp³-hybridized carbons (Fsp3) is 0.588. The topological polar surface area (TPSA) is 73.6 Å². The van der Waals surface area contributed by atoms with E-state index in [9.17, 15) is 8.42 Å². The van der Waals surface area contributed by atoms with E-state index in [1.165, 1.54) is 12.1 Å². The van der Waals surface area contributed by atoms with Gasteiger partial charge >= 0.3 is 0 Å². The molecule has 1 aromatic rings. The zero-order chi connectivity index (χ0) is 17.0. The highest BCUT2D eigenvalue weighted by molar-refractivity contribution is 7.89. The van der Waals surface area contributed by atoms with Gasteiger partial charge in [-0.05, 0) is 50.1 Å². The maximum Gasteiger partial charge on any atom is 0.243 e. The fourth-order valence-electron chi connectivity index (χ4n) is 3.30. The minimum absolute atomic E-state index is 0.258. The number of benzene rings is 1. The van der Waals surface area contributed by atoms with Crippen LogP contribution in [0.1, 0.15) is 24.8 Å². The Balaban J connectivity index is 1.64. The third kappa shape index (κ3) is 3.95. The Hall–Kier alpha value is -1.46. The Labute approximate surface area is 143 Å². The van der Waals surface area contributed by atoms with Gasteiger partial charge in [-0.3, -0.25) is 4.90 Å². The van der Waals surface area contributed by atoms with Crippen LogP contribution in [0.3, 0.4) is 0 Å². The molecule has 0 amide bonds. The average molecular weight is 349 g/mol. The van der Waals surface area contributed by atoms with Gasteiger partial charge in [0.25, 0.3) is 0 Å². The van der Waals surface area contributed by atoms with Crippen LogP contribution < -0.4 is 0 Å². The molecule has 0 spiro atoms. The van der Waals surface area contributed by atoms with Crippen LogP contribution in [0.15, 0.2) is 29.2 Å². The lowest BCUT2D eigenvalue weighted by Gasteiger charge is -2.23. The summed E-state index contributed by atoms with van der Waals surface area (Å²) in [6.45, 7) is 4.40. The summed E-state index contributed by atoms with van der Waals surface area (Å²) < 4.78 is 32.8. The molecule has 2 fully saturated rings. The summed E-state index contributed by atoms with van der Waals surface area (Å²) in [4.78, 5) is 2.57. The smallest absolute Gasteiger partial charge is 0.243 e. The average Bonchev–Trinajstić information content (AvgIpc) is 2.98. The van der Waals surface area contributed by atoms with E-state index in [0.29, 0.717) is 24.8 Å². The monoisotopic (exact) mass is 349 g/mol. The molecule has 0 N–H and O–H groups in total. The SMILES string of the molecule is N#Cc1ccc(S(=O)(=O)N2CCCN(CC3CCCO3)CC2)cc1. The zero-order valence-corrected chi connectivity index (χ0v) is 14.5. The number of ether oxygens (including phenoxy) is 1. The summed E-state index contributed by atoms with van der Waals surface area (Å²) >= 11 is 0. The summed E-state index contributed by atoms with van der Waals surface area (Å²) in [6.07, 6.45) is 3.34. The molecular weight excluding hydrogens is 326 g/mol. The third-order valence-electron chi connectivity index (χ3n) is 4.65. The van der Waals surface area contributed by atoms with Crippen molar-refractivity contribution in [2.24, 2.45) is 0 Å². The van der Waals surface area contributed by atoms with Crippen molar-refractivity contribution in [1.29, 1.82) is 5.26 Å². The van der Waals surface area contributed by atoms with Gasteiger partial charge < -0.3 is 4.74 Å². The van der Waals surface area contributed by atoms with E-state index in [-0.39, 0.29) is 4.90 Å². The quantitative estimate of drug-likeness (QED) is 0.822.